The molecule has 4 aromatic carbocycles. The summed E-state index contributed by atoms with van der Waals surface area (Å²) >= 11 is 6.00. The molecule has 0 aliphatic carbocycles. The number of hydrogen-bond acceptors (Lipinski definition) is 2. The molecule has 0 atom stereocenters. The maximum atomic E-state index is 13.3. The van der Waals surface area contributed by atoms with Gasteiger partial charge in [-0.2, -0.15) is 0 Å². The molecule has 0 heterocycles. The van der Waals surface area contributed by atoms with Crippen molar-refractivity contribution in [3.8, 4) is 11.1 Å². The van der Waals surface area contributed by atoms with E-state index in [1.165, 1.54) is 0 Å². The number of carboxylic acid groups (broad SMARTS) is 1. The van der Waals surface area contributed by atoms with Crippen molar-refractivity contribution in [3.63, 3.8) is 0 Å². The van der Waals surface area contributed by atoms with Crippen LogP contribution in [0.1, 0.15) is 31.8 Å². The van der Waals surface area contributed by atoms with Crippen LogP contribution in [-0.4, -0.2) is 28.4 Å². The smallest absolute Gasteiger partial charge is 0.336 e. The standard InChI is InChI=1S/C29H24ClNO3/c30-25-16-12-21(13-17-25)18-19-31(28(32)24-6-2-1-3-7-24)20-22-10-14-23(15-11-22)26-8-4-5-9-27(26)29(33)34/h1-17H,18-20H2,(H,33,34). The Morgan fingerprint density at radius 2 is 1.35 bits per heavy atom. The summed E-state index contributed by atoms with van der Waals surface area (Å²) in [6.07, 6.45) is 0.708. The van der Waals surface area contributed by atoms with Gasteiger partial charge in [-0.25, -0.2) is 4.79 Å². The molecule has 1 N–H and O–H groups in total. The molecule has 0 unspecified atom stereocenters. The Morgan fingerprint density at radius 1 is 0.735 bits per heavy atom. The molecule has 0 radical (unpaired) electrons. The second kappa shape index (κ2) is 10.8. The van der Waals surface area contributed by atoms with Gasteiger partial charge in [0.1, 0.15) is 0 Å². The highest BCUT2D eigenvalue weighted by molar-refractivity contribution is 6.30. The monoisotopic (exact) mass is 469 g/mol. The Balaban J connectivity index is 1.55. The zero-order valence-electron chi connectivity index (χ0n) is 18.5. The Kier molecular flexibility index (Phi) is 7.41. The zero-order valence-corrected chi connectivity index (χ0v) is 19.3. The van der Waals surface area contributed by atoms with Crippen molar-refractivity contribution in [1.29, 1.82) is 0 Å². The lowest BCUT2D eigenvalue weighted by Gasteiger charge is -2.23. The molecule has 0 saturated carbocycles. The predicted molar refractivity (Wildman–Crippen MR) is 135 cm³/mol. The summed E-state index contributed by atoms with van der Waals surface area (Å²) in [6, 6.07) is 31.6. The third-order valence-electron chi connectivity index (χ3n) is 5.69. The number of halogens is 1. The highest BCUT2D eigenvalue weighted by Gasteiger charge is 2.17. The van der Waals surface area contributed by atoms with Crippen molar-refractivity contribution in [2.75, 3.05) is 6.54 Å². The van der Waals surface area contributed by atoms with Gasteiger partial charge < -0.3 is 10.0 Å². The number of aromatic carboxylic acids is 1. The second-order valence-corrected chi connectivity index (χ2v) is 8.45. The quantitative estimate of drug-likeness (QED) is 0.316. The summed E-state index contributed by atoms with van der Waals surface area (Å²) in [7, 11) is 0. The first-order valence-corrected chi connectivity index (χ1v) is 11.4. The minimum atomic E-state index is -0.957. The van der Waals surface area contributed by atoms with Crippen molar-refractivity contribution < 1.29 is 14.7 Å². The van der Waals surface area contributed by atoms with E-state index in [2.05, 4.69) is 0 Å². The summed E-state index contributed by atoms with van der Waals surface area (Å²) < 4.78 is 0. The van der Waals surface area contributed by atoms with E-state index in [-0.39, 0.29) is 11.5 Å². The van der Waals surface area contributed by atoms with E-state index in [9.17, 15) is 14.7 Å². The summed E-state index contributed by atoms with van der Waals surface area (Å²) in [5, 5.41) is 10.2. The van der Waals surface area contributed by atoms with Crippen molar-refractivity contribution in [2.45, 2.75) is 13.0 Å². The highest BCUT2D eigenvalue weighted by atomic mass is 35.5. The molecule has 0 fully saturated rings. The van der Waals surface area contributed by atoms with Crippen molar-refractivity contribution in [2.24, 2.45) is 0 Å². The first kappa shape index (κ1) is 23.3. The van der Waals surface area contributed by atoms with Gasteiger partial charge in [0, 0.05) is 23.7 Å². The molecule has 0 aromatic heterocycles. The Morgan fingerprint density at radius 3 is 2.03 bits per heavy atom. The normalized spacial score (nSPS) is 10.6. The van der Waals surface area contributed by atoms with Crippen LogP contribution in [-0.2, 0) is 13.0 Å². The molecule has 0 bridgehead atoms. The molecule has 0 aliphatic heterocycles. The molecule has 170 valence electrons. The van der Waals surface area contributed by atoms with E-state index >= 15 is 0 Å². The SMILES string of the molecule is O=C(O)c1ccccc1-c1ccc(CN(CCc2ccc(Cl)cc2)C(=O)c2ccccc2)cc1. The van der Waals surface area contributed by atoms with Crippen LogP contribution in [0.15, 0.2) is 103 Å². The van der Waals surface area contributed by atoms with E-state index < -0.39 is 5.97 Å². The molecule has 4 rings (SSSR count). The lowest BCUT2D eigenvalue weighted by atomic mass is 9.98. The molecule has 5 heteroatoms. The number of nitrogens with zero attached hydrogens (tertiary/aromatic N) is 1. The number of benzene rings is 4. The lowest BCUT2D eigenvalue weighted by Crippen LogP contribution is -2.32. The van der Waals surface area contributed by atoms with Crippen LogP contribution in [0.25, 0.3) is 11.1 Å². The molecular formula is C29H24ClNO3. The maximum absolute atomic E-state index is 13.3. The first-order chi connectivity index (χ1) is 16.5. The summed E-state index contributed by atoms with van der Waals surface area (Å²) in [5.41, 5.74) is 4.47. The van der Waals surface area contributed by atoms with Gasteiger partial charge in [0.25, 0.3) is 5.91 Å². The van der Waals surface area contributed by atoms with E-state index in [1.807, 2.05) is 89.8 Å². The Hall–Kier alpha value is -3.89. The Bertz CT molecular complexity index is 1270. The highest BCUT2D eigenvalue weighted by Crippen LogP contribution is 2.25. The van der Waals surface area contributed by atoms with Crippen LogP contribution in [0, 0.1) is 0 Å². The largest absolute Gasteiger partial charge is 0.478 e. The van der Waals surface area contributed by atoms with Crippen LogP contribution >= 0.6 is 11.6 Å². The predicted octanol–water partition coefficient (Wildman–Crippen LogP) is 6.59. The zero-order chi connectivity index (χ0) is 23.9. The van der Waals surface area contributed by atoms with E-state index in [4.69, 9.17) is 11.6 Å². The number of carboxylic acids is 1. The van der Waals surface area contributed by atoms with Crippen LogP contribution in [0.4, 0.5) is 0 Å². The molecule has 4 nitrogen and oxygen atoms in total. The van der Waals surface area contributed by atoms with Gasteiger partial charge >= 0.3 is 5.97 Å². The first-order valence-electron chi connectivity index (χ1n) is 11.0. The van der Waals surface area contributed by atoms with Crippen LogP contribution in [0.5, 0.6) is 0 Å². The minimum Gasteiger partial charge on any atom is -0.478 e. The van der Waals surface area contributed by atoms with Crippen molar-refractivity contribution >= 4 is 23.5 Å². The molecule has 0 saturated heterocycles. The third-order valence-corrected chi connectivity index (χ3v) is 5.94. The Labute approximate surface area is 204 Å². The molecule has 0 spiro atoms. The van der Waals surface area contributed by atoms with Gasteiger partial charge in [0.15, 0.2) is 0 Å². The average molecular weight is 470 g/mol. The number of carbonyl (C=O) groups excluding carboxylic acids is 1. The van der Waals surface area contributed by atoms with Crippen LogP contribution in [0.3, 0.4) is 0 Å². The molecule has 0 aliphatic rings. The fraction of sp³-hybridized carbons (Fsp3) is 0.103. The van der Waals surface area contributed by atoms with Crippen LogP contribution in [0.2, 0.25) is 5.02 Å². The summed E-state index contributed by atoms with van der Waals surface area (Å²) in [5.74, 6) is -0.989. The fourth-order valence-electron chi connectivity index (χ4n) is 3.86. The lowest BCUT2D eigenvalue weighted by molar-refractivity contribution is 0.0696. The van der Waals surface area contributed by atoms with Crippen molar-refractivity contribution in [1.82, 2.24) is 4.90 Å². The van der Waals surface area contributed by atoms with E-state index in [0.717, 1.165) is 16.7 Å². The van der Waals surface area contributed by atoms with Gasteiger partial charge in [0.05, 0.1) is 5.56 Å². The number of amides is 1. The fourth-order valence-corrected chi connectivity index (χ4v) is 3.99. The summed E-state index contributed by atoms with van der Waals surface area (Å²) in [6.45, 7) is 1.00. The van der Waals surface area contributed by atoms with Gasteiger partial charge in [-0.1, -0.05) is 84.4 Å². The number of carbonyl (C=O) groups is 2. The minimum absolute atomic E-state index is 0.0325. The van der Waals surface area contributed by atoms with Crippen LogP contribution < -0.4 is 0 Å². The maximum Gasteiger partial charge on any atom is 0.336 e. The van der Waals surface area contributed by atoms with E-state index in [1.54, 1.807) is 18.2 Å². The summed E-state index contributed by atoms with van der Waals surface area (Å²) in [4.78, 5) is 26.7. The second-order valence-electron chi connectivity index (χ2n) is 8.02. The average Bonchev–Trinajstić information content (AvgIpc) is 2.88. The topological polar surface area (TPSA) is 57.6 Å². The third kappa shape index (κ3) is 5.72. The van der Waals surface area contributed by atoms with Gasteiger partial charge in [-0.3, -0.25) is 4.79 Å². The number of rotatable bonds is 8. The number of hydrogen-bond donors (Lipinski definition) is 1. The molecular weight excluding hydrogens is 446 g/mol. The molecule has 1 amide bonds. The van der Waals surface area contributed by atoms with Gasteiger partial charge in [0.2, 0.25) is 0 Å². The van der Waals surface area contributed by atoms with Crippen molar-refractivity contribution in [3.05, 3.63) is 130 Å². The van der Waals surface area contributed by atoms with E-state index in [0.29, 0.717) is 35.7 Å². The molecule has 34 heavy (non-hydrogen) atoms. The van der Waals surface area contributed by atoms with Gasteiger partial charge in [-0.15, -0.1) is 0 Å². The van der Waals surface area contributed by atoms with Gasteiger partial charge in [-0.05, 0) is 59.0 Å². The molecule has 4 aromatic rings.